The number of aromatic amines is 1. The van der Waals surface area contributed by atoms with Gasteiger partial charge in [0, 0.05) is 20.9 Å². The summed E-state index contributed by atoms with van der Waals surface area (Å²) in [6, 6.07) is 11.9. The molecule has 0 bridgehead atoms. The summed E-state index contributed by atoms with van der Waals surface area (Å²) in [6.07, 6.45) is 0. The minimum absolute atomic E-state index is 0.235. The number of halogens is 2. The van der Waals surface area contributed by atoms with Crippen molar-refractivity contribution in [2.45, 2.75) is 0 Å². The third-order valence-electron chi connectivity index (χ3n) is 3.70. The highest BCUT2D eigenvalue weighted by Gasteiger charge is 2.10. The van der Waals surface area contributed by atoms with E-state index in [9.17, 15) is 9.59 Å². The van der Waals surface area contributed by atoms with E-state index in [0.717, 1.165) is 15.4 Å². The first-order valence-electron chi connectivity index (χ1n) is 7.72. The van der Waals surface area contributed by atoms with Crippen LogP contribution in [0, 0.1) is 0 Å². The number of nitrogens with two attached hydrogens (primary N) is 1. The Morgan fingerprint density at radius 3 is 2.62 bits per heavy atom. The second-order valence-electron chi connectivity index (χ2n) is 5.53. The summed E-state index contributed by atoms with van der Waals surface area (Å²) in [5.74, 6) is -0.133. The highest BCUT2D eigenvalue weighted by molar-refractivity contribution is 9.10. The predicted octanol–water partition coefficient (Wildman–Crippen LogP) is 3.49. The van der Waals surface area contributed by atoms with Gasteiger partial charge in [0.2, 0.25) is 5.91 Å². The number of primary amides is 1. The maximum Gasteiger partial charge on any atom is 0.267 e. The number of carbonyl (C=O) groups excluding carboxylic acids is 2. The molecule has 0 aliphatic rings. The average Bonchev–Trinajstić information content (AvgIpc) is 3.02. The van der Waals surface area contributed by atoms with Crippen LogP contribution in [0.5, 0.6) is 5.75 Å². The molecule has 26 heavy (non-hydrogen) atoms. The van der Waals surface area contributed by atoms with Crippen LogP contribution in [0.2, 0.25) is 5.02 Å². The van der Waals surface area contributed by atoms with Gasteiger partial charge in [-0.2, -0.15) is 0 Å². The van der Waals surface area contributed by atoms with Crippen LogP contribution in [0.15, 0.2) is 46.9 Å². The van der Waals surface area contributed by atoms with Gasteiger partial charge < -0.3 is 20.8 Å². The lowest BCUT2D eigenvalue weighted by molar-refractivity contribution is 0.0941. The van der Waals surface area contributed by atoms with Crippen LogP contribution in [0.25, 0.3) is 10.9 Å². The summed E-state index contributed by atoms with van der Waals surface area (Å²) >= 11 is 9.41. The van der Waals surface area contributed by atoms with E-state index >= 15 is 0 Å². The summed E-state index contributed by atoms with van der Waals surface area (Å²) in [6.45, 7) is 0.621. The van der Waals surface area contributed by atoms with Crippen LogP contribution in [0.1, 0.15) is 20.8 Å². The molecule has 0 radical (unpaired) electrons. The first-order valence-corrected chi connectivity index (χ1v) is 8.90. The molecule has 2 amide bonds. The van der Waals surface area contributed by atoms with Crippen molar-refractivity contribution in [3.8, 4) is 5.75 Å². The van der Waals surface area contributed by atoms with Crippen molar-refractivity contribution >= 4 is 50.2 Å². The van der Waals surface area contributed by atoms with E-state index in [-0.39, 0.29) is 5.91 Å². The lowest BCUT2D eigenvalue weighted by atomic mass is 10.2. The van der Waals surface area contributed by atoms with Crippen LogP contribution in [-0.2, 0) is 0 Å². The van der Waals surface area contributed by atoms with Crippen LogP contribution in [0.4, 0.5) is 0 Å². The Morgan fingerprint density at radius 2 is 1.92 bits per heavy atom. The van der Waals surface area contributed by atoms with Gasteiger partial charge in [-0.3, -0.25) is 9.59 Å². The van der Waals surface area contributed by atoms with E-state index in [2.05, 4.69) is 26.2 Å². The lowest BCUT2D eigenvalue weighted by Gasteiger charge is -2.07. The Morgan fingerprint density at radius 1 is 1.19 bits per heavy atom. The number of benzene rings is 2. The number of hydrogen-bond acceptors (Lipinski definition) is 3. The van der Waals surface area contributed by atoms with Crippen molar-refractivity contribution in [3.05, 3.63) is 63.2 Å². The van der Waals surface area contributed by atoms with Crippen molar-refractivity contribution in [1.82, 2.24) is 10.3 Å². The van der Waals surface area contributed by atoms with Crippen LogP contribution in [-0.4, -0.2) is 29.9 Å². The van der Waals surface area contributed by atoms with Gasteiger partial charge >= 0.3 is 0 Å². The topological polar surface area (TPSA) is 97.2 Å². The standard InChI is InChI=1S/C18H15BrClN3O3/c19-13-7-11-8-16(23-15(11)9-14(13)20)18(25)22-5-6-26-12-3-1-10(2-4-12)17(21)24/h1-4,7-9,23H,5-6H2,(H2,21,24)(H,22,25). The first kappa shape index (κ1) is 18.3. The molecule has 0 atom stereocenters. The summed E-state index contributed by atoms with van der Waals surface area (Å²) in [5, 5.41) is 4.23. The smallest absolute Gasteiger partial charge is 0.267 e. The molecule has 0 spiro atoms. The molecule has 6 nitrogen and oxygen atoms in total. The molecule has 0 aliphatic carbocycles. The number of ether oxygens (including phenoxy) is 1. The summed E-state index contributed by atoms with van der Waals surface area (Å²) in [4.78, 5) is 26.3. The van der Waals surface area contributed by atoms with Gasteiger partial charge in [-0.15, -0.1) is 0 Å². The molecule has 0 aliphatic heterocycles. The Labute approximate surface area is 162 Å². The highest BCUT2D eigenvalue weighted by Crippen LogP contribution is 2.28. The largest absolute Gasteiger partial charge is 0.492 e. The quantitative estimate of drug-likeness (QED) is 0.516. The SMILES string of the molecule is NC(=O)c1ccc(OCCNC(=O)c2cc3cc(Br)c(Cl)cc3[nH]2)cc1. The molecule has 1 heterocycles. The van der Waals surface area contributed by atoms with E-state index in [4.69, 9.17) is 22.1 Å². The molecule has 1 aromatic heterocycles. The molecule has 0 saturated carbocycles. The molecule has 2 aromatic carbocycles. The minimum atomic E-state index is -0.490. The minimum Gasteiger partial charge on any atom is -0.492 e. The number of H-pyrrole nitrogens is 1. The van der Waals surface area contributed by atoms with E-state index in [0.29, 0.717) is 35.2 Å². The number of fused-ring (bicyclic) bond motifs is 1. The molecule has 4 N–H and O–H groups in total. The van der Waals surface area contributed by atoms with Crippen LogP contribution >= 0.6 is 27.5 Å². The molecular formula is C18H15BrClN3O3. The fourth-order valence-corrected chi connectivity index (χ4v) is 2.92. The molecular weight excluding hydrogens is 422 g/mol. The van der Waals surface area contributed by atoms with Crippen molar-refractivity contribution in [2.24, 2.45) is 5.73 Å². The molecule has 0 unspecified atom stereocenters. The van der Waals surface area contributed by atoms with E-state index < -0.39 is 5.91 Å². The molecule has 3 rings (SSSR count). The van der Waals surface area contributed by atoms with Crippen LogP contribution < -0.4 is 15.8 Å². The molecule has 3 aromatic rings. The molecule has 0 fully saturated rings. The van der Waals surface area contributed by atoms with E-state index in [1.807, 2.05) is 6.07 Å². The van der Waals surface area contributed by atoms with Crippen molar-refractivity contribution in [3.63, 3.8) is 0 Å². The van der Waals surface area contributed by atoms with E-state index in [1.54, 1.807) is 36.4 Å². The molecule has 0 saturated heterocycles. The van der Waals surface area contributed by atoms with Gasteiger partial charge in [0.05, 0.1) is 11.6 Å². The van der Waals surface area contributed by atoms with Gasteiger partial charge in [0.1, 0.15) is 18.1 Å². The number of nitrogens with one attached hydrogen (secondary N) is 2. The Hall–Kier alpha value is -2.51. The first-order chi connectivity index (χ1) is 12.4. The number of amides is 2. The zero-order valence-electron chi connectivity index (χ0n) is 13.5. The van der Waals surface area contributed by atoms with Gasteiger partial charge in [0.15, 0.2) is 0 Å². The highest BCUT2D eigenvalue weighted by atomic mass is 79.9. The molecule has 134 valence electrons. The number of carbonyl (C=O) groups is 2. The number of rotatable bonds is 6. The van der Waals surface area contributed by atoms with Gasteiger partial charge in [-0.1, -0.05) is 11.6 Å². The van der Waals surface area contributed by atoms with E-state index in [1.165, 1.54) is 0 Å². The third kappa shape index (κ3) is 4.17. The lowest BCUT2D eigenvalue weighted by Crippen LogP contribution is -2.28. The van der Waals surface area contributed by atoms with Crippen molar-refractivity contribution < 1.29 is 14.3 Å². The number of aromatic nitrogens is 1. The van der Waals surface area contributed by atoms with Crippen LogP contribution in [0.3, 0.4) is 0 Å². The zero-order chi connectivity index (χ0) is 18.7. The average molecular weight is 437 g/mol. The Bertz CT molecular complexity index is 931. The van der Waals surface area contributed by atoms with Gasteiger partial charge in [-0.05, 0) is 58.4 Å². The summed E-state index contributed by atoms with van der Waals surface area (Å²) in [5.41, 5.74) is 6.82. The van der Waals surface area contributed by atoms with Gasteiger partial charge in [0.25, 0.3) is 5.91 Å². The second-order valence-corrected chi connectivity index (χ2v) is 6.79. The Balaban J connectivity index is 1.53. The van der Waals surface area contributed by atoms with Gasteiger partial charge in [-0.25, -0.2) is 0 Å². The zero-order valence-corrected chi connectivity index (χ0v) is 15.9. The fourth-order valence-electron chi connectivity index (χ4n) is 2.39. The summed E-state index contributed by atoms with van der Waals surface area (Å²) < 4.78 is 6.29. The number of hydrogen-bond donors (Lipinski definition) is 3. The fraction of sp³-hybridized carbons (Fsp3) is 0.111. The van der Waals surface area contributed by atoms with Crippen molar-refractivity contribution in [1.29, 1.82) is 0 Å². The molecule has 8 heteroatoms. The van der Waals surface area contributed by atoms with Crippen molar-refractivity contribution in [2.75, 3.05) is 13.2 Å². The predicted molar refractivity (Wildman–Crippen MR) is 104 cm³/mol. The monoisotopic (exact) mass is 435 g/mol. The normalized spacial score (nSPS) is 10.7. The third-order valence-corrected chi connectivity index (χ3v) is 4.90. The Kier molecular flexibility index (Phi) is 5.49. The maximum atomic E-state index is 12.2. The maximum absolute atomic E-state index is 12.2. The second kappa shape index (κ2) is 7.80. The summed E-state index contributed by atoms with van der Waals surface area (Å²) in [7, 11) is 0.